The highest BCUT2D eigenvalue weighted by atomic mass is 15.5. The van der Waals surface area contributed by atoms with Crippen molar-refractivity contribution in [3.63, 3.8) is 0 Å². The molecule has 108 valence electrons. The Labute approximate surface area is 126 Å². The van der Waals surface area contributed by atoms with Crippen molar-refractivity contribution in [1.29, 1.82) is 0 Å². The van der Waals surface area contributed by atoms with Crippen molar-refractivity contribution >= 4 is 6.21 Å². The SMILES string of the molecule is C(=N/N1CCN(Cc2ccccc2)CC1)/c1ccccc1. The third kappa shape index (κ3) is 4.17. The highest BCUT2D eigenvalue weighted by Gasteiger charge is 2.15. The molecule has 2 aromatic carbocycles. The van der Waals surface area contributed by atoms with Gasteiger partial charge in [-0.3, -0.25) is 9.91 Å². The fourth-order valence-corrected chi connectivity index (χ4v) is 2.54. The number of nitrogens with zero attached hydrogens (tertiary/aromatic N) is 3. The number of hydrogen-bond acceptors (Lipinski definition) is 3. The molecule has 1 aliphatic heterocycles. The molecule has 0 N–H and O–H groups in total. The molecule has 3 nitrogen and oxygen atoms in total. The number of hydrazone groups is 1. The third-order valence-electron chi connectivity index (χ3n) is 3.77. The minimum atomic E-state index is 0.996. The van der Waals surface area contributed by atoms with E-state index in [4.69, 9.17) is 0 Å². The van der Waals surface area contributed by atoms with E-state index in [0.29, 0.717) is 0 Å². The van der Waals surface area contributed by atoms with Gasteiger partial charge in [-0.15, -0.1) is 0 Å². The first-order chi connectivity index (χ1) is 10.4. The van der Waals surface area contributed by atoms with Crippen LogP contribution in [0, 0.1) is 0 Å². The summed E-state index contributed by atoms with van der Waals surface area (Å²) in [5, 5.41) is 6.74. The summed E-state index contributed by atoms with van der Waals surface area (Å²) in [4.78, 5) is 2.49. The van der Waals surface area contributed by atoms with Gasteiger partial charge in [0.25, 0.3) is 0 Å². The number of rotatable bonds is 4. The van der Waals surface area contributed by atoms with Crippen LogP contribution in [0.3, 0.4) is 0 Å². The molecule has 1 aliphatic rings. The first-order valence-corrected chi connectivity index (χ1v) is 7.50. The van der Waals surface area contributed by atoms with Gasteiger partial charge in [0.1, 0.15) is 0 Å². The van der Waals surface area contributed by atoms with Gasteiger partial charge in [-0.25, -0.2) is 0 Å². The zero-order valence-corrected chi connectivity index (χ0v) is 12.2. The number of piperazine rings is 1. The summed E-state index contributed by atoms with van der Waals surface area (Å²) in [7, 11) is 0. The molecule has 0 saturated carbocycles. The zero-order valence-electron chi connectivity index (χ0n) is 12.2. The normalized spacial score (nSPS) is 16.5. The first kappa shape index (κ1) is 13.8. The van der Waals surface area contributed by atoms with Gasteiger partial charge in [-0.1, -0.05) is 60.7 Å². The second kappa shape index (κ2) is 7.04. The molecular weight excluding hydrogens is 258 g/mol. The topological polar surface area (TPSA) is 18.8 Å². The second-order valence-electron chi connectivity index (χ2n) is 5.37. The van der Waals surface area contributed by atoms with E-state index in [1.54, 1.807) is 0 Å². The number of hydrogen-bond donors (Lipinski definition) is 0. The molecular formula is C18H21N3. The largest absolute Gasteiger partial charge is 0.295 e. The molecule has 2 aromatic rings. The zero-order chi connectivity index (χ0) is 14.3. The molecule has 0 aliphatic carbocycles. The number of benzene rings is 2. The lowest BCUT2D eigenvalue weighted by Crippen LogP contribution is -2.43. The van der Waals surface area contributed by atoms with Crippen LogP contribution in [-0.2, 0) is 6.54 Å². The summed E-state index contributed by atoms with van der Waals surface area (Å²) < 4.78 is 0. The Morgan fingerprint density at radius 1 is 0.810 bits per heavy atom. The van der Waals surface area contributed by atoms with Crippen LogP contribution in [0.4, 0.5) is 0 Å². The quantitative estimate of drug-likeness (QED) is 0.801. The monoisotopic (exact) mass is 279 g/mol. The van der Waals surface area contributed by atoms with E-state index in [2.05, 4.69) is 57.5 Å². The average molecular weight is 279 g/mol. The van der Waals surface area contributed by atoms with E-state index in [-0.39, 0.29) is 0 Å². The molecule has 0 amide bonds. The molecule has 0 unspecified atom stereocenters. The van der Waals surface area contributed by atoms with Crippen molar-refractivity contribution in [3.05, 3.63) is 71.8 Å². The van der Waals surface area contributed by atoms with Crippen molar-refractivity contribution in [2.45, 2.75) is 6.54 Å². The van der Waals surface area contributed by atoms with Gasteiger partial charge in [0.15, 0.2) is 0 Å². The maximum absolute atomic E-state index is 4.58. The smallest absolute Gasteiger partial charge is 0.0542 e. The molecule has 1 saturated heterocycles. The van der Waals surface area contributed by atoms with E-state index in [1.807, 2.05) is 24.4 Å². The van der Waals surface area contributed by atoms with Crippen LogP contribution in [-0.4, -0.2) is 42.3 Å². The van der Waals surface area contributed by atoms with Crippen molar-refractivity contribution < 1.29 is 0 Å². The second-order valence-corrected chi connectivity index (χ2v) is 5.37. The molecule has 21 heavy (non-hydrogen) atoms. The minimum Gasteiger partial charge on any atom is -0.295 e. The molecule has 0 atom stereocenters. The predicted octanol–water partition coefficient (Wildman–Crippen LogP) is 2.84. The summed E-state index contributed by atoms with van der Waals surface area (Å²) in [6.07, 6.45) is 1.95. The standard InChI is InChI=1S/C18H21N3/c1-3-7-17(8-4-1)15-19-21-13-11-20(12-14-21)16-18-9-5-2-6-10-18/h1-10,15H,11-14,16H2/b19-15-. The molecule has 1 fully saturated rings. The van der Waals surface area contributed by atoms with Gasteiger partial charge < -0.3 is 0 Å². The van der Waals surface area contributed by atoms with Crippen molar-refractivity contribution in [1.82, 2.24) is 9.91 Å². The Bertz CT molecular complexity index is 558. The summed E-state index contributed by atoms with van der Waals surface area (Å²) in [5.41, 5.74) is 2.54. The molecule has 3 heteroatoms. The molecule has 3 rings (SSSR count). The van der Waals surface area contributed by atoms with Crippen molar-refractivity contribution in [2.75, 3.05) is 26.2 Å². The summed E-state index contributed by atoms with van der Waals surface area (Å²) in [6, 6.07) is 20.9. The summed E-state index contributed by atoms with van der Waals surface area (Å²) in [5.74, 6) is 0. The van der Waals surface area contributed by atoms with E-state index in [1.165, 1.54) is 5.56 Å². The Morgan fingerprint density at radius 3 is 2.10 bits per heavy atom. The van der Waals surface area contributed by atoms with Crippen LogP contribution in [0.5, 0.6) is 0 Å². The van der Waals surface area contributed by atoms with Gasteiger partial charge in [0, 0.05) is 32.7 Å². The van der Waals surface area contributed by atoms with Crippen LogP contribution >= 0.6 is 0 Å². The van der Waals surface area contributed by atoms with Gasteiger partial charge >= 0.3 is 0 Å². The predicted molar refractivity (Wildman–Crippen MR) is 87.3 cm³/mol. The molecule has 0 spiro atoms. The Kier molecular flexibility index (Phi) is 4.64. The van der Waals surface area contributed by atoms with Crippen LogP contribution in [0.2, 0.25) is 0 Å². The van der Waals surface area contributed by atoms with Crippen molar-refractivity contribution in [3.8, 4) is 0 Å². The highest BCUT2D eigenvalue weighted by Crippen LogP contribution is 2.08. The van der Waals surface area contributed by atoms with Gasteiger partial charge in [-0.2, -0.15) is 5.10 Å². The average Bonchev–Trinajstić information content (AvgIpc) is 2.56. The Balaban J connectivity index is 1.48. The van der Waals surface area contributed by atoms with Crippen molar-refractivity contribution in [2.24, 2.45) is 5.10 Å². The third-order valence-corrected chi connectivity index (χ3v) is 3.77. The molecule has 0 aromatic heterocycles. The first-order valence-electron chi connectivity index (χ1n) is 7.50. The fraction of sp³-hybridized carbons (Fsp3) is 0.278. The van der Waals surface area contributed by atoms with Gasteiger partial charge in [0.05, 0.1) is 6.21 Å². The summed E-state index contributed by atoms with van der Waals surface area (Å²) in [6.45, 7) is 5.17. The van der Waals surface area contributed by atoms with E-state index in [9.17, 15) is 0 Å². The van der Waals surface area contributed by atoms with E-state index >= 15 is 0 Å². The van der Waals surface area contributed by atoms with E-state index in [0.717, 1.165) is 38.3 Å². The lowest BCUT2D eigenvalue weighted by atomic mass is 10.2. The molecule has 0 bridgehead atoms. The highest BCUT2D eigenvalue weighted by molar-refractivity contribution is 5.79. The lowest BCUT2D eigenvalue weighted by molar-refractivity contribution is 0.131. The summed E-state index contributed by atoms with van der Waals surface area (Å²) >= 11 is 0. The Hall–Kier alpha value is -2.13. The maximum atomic E-state index is 4.58. The van der Waals surface area contributed by atoms with Gasteiger partial charge in [-0.05, 0) is 11.1 Å². The Morgan fingerprint density at radius 2 is 1.43 bits per heavy atom. The molecule has 0 radical (unpaired) electrons. The van der Waals surface area contributed by atoms with Crippen LogP contribution in [0.15, 0.2) is 65.8 Å². The van der Waals surface area contributed by atoms with Crippen LogP contribution < -0.4 is 0 Å². The lowest BCUT2D eigenvalue weighted by Gasteiger charge is -2.33. The van der Waals surface area contributed by atoms with Gasteiger partial charge in [0.2, 0.25) is 0 Å². The molecule has 1 heterocycles. The fourth-order valence-electron chi connectivity index (χ4n) is 2.54. The minimum absolute atomic E-state index is 0.996. The van der Waals surface area contributed by atoms with Crippen LogP contribution in [0.25, 0.3) is 0 Å². The van der Waals surface area contributed by atoms with Crippen LogP contribution in [0.1, 0.15) is 11.1 Å². The van der Waals surface area contributed by atoms with E-state index < -0.39 is 0 Å². The maximum Gasteiger partial charge on any atom is 0.0542 e.